The number of halogens is 1. The van der Waals surface area contributed by atoms with Crippen LogP contribution in [0.2, 0.25) is 0 Å². The van der Waals surface area contributed by atoms with E-state index in [-0.39, 0.29) is 5.54 Å². The molecule has 0 fully saturated rings. The smallest absolute Gasteiger partial charge is 0.122 e. The van der Waals surface area contributed by atoms with Crippen molar-refractivity contribution in [1.82, 2.24) is 4.90 Å². The van der Waals surface area contributed by atoms with Crippen molar-refractivity contribution in [1.29, 1.82) is 0 Å². The summed E-state index contributed by atoms with van der Waals surface area (Å²) in [7, 11) is 5.60. The lowest BCUT2D eigenvalue weighted by atomic mass is 9.90. The molecule has 1 unspecified atom stereocenters. The first-order valence-corrected chi connectivity index (χ1v) is 6.76. The summed E-state index contributed by atoms with van der Waals surface area (Å²) in [6, 6.07) is 5.84. The number of methoxy groups -OCH3 is 1. The Bertz CT molecular complexity index is 405. The topological polar surface area (TPSA) is 32.7 Å². The first-order chi connectivity index (χ1) is 8.28. The Morgan fingerprint density at radius 3 is 2.50 bits per heavy atom. The van der Waals surface area contributed by atoms with Gasteiger partial charge < -0.3 is 14.7 Å². The maximum atomic E-state index is 10.4. The van der Waals surface area contributed by atoms with Crippen LogP contribution in [0.3, 0.4) is 0 Å². The fourth-order valence-corrected chi connectivity index (χ4v) is 2.07. The molecule has 1 aromatic carbocycles. The van der Waals surface area contributed by atoms with E-state index in [1.54, 1.807) is 7.11 Å². The fourth-order valence-electron chi connectivity index (χ4n) is 1.66. The third-order valence-electron chi connectivity index (χ3n) is 3.62. The molecule has 1 rings (SSSR count). The Labute approximate surface area is 118 Å². The molecule has 0 bridgehead atoms. The summed E-state index contributed by atoms with van der Waals surface area (Å²) < 4.78 is 6.32. The number of ether oxygens (including phenoxy) is 1. The summed E-state index contributed by atoms with van der Waals surface area (Å²) in [6.45, 7) is 4.06. The molecule has 0 radical (unpaired) electrons. The van der Waals surface area contributed by atoms with Crippen LogP contribution in [0, 0.1) is 0 Å². The monoisotopic (exact) mass is 315 g/mol. The largest absolute Gasteiger partial charge is 0.496 e. The highest BCUT2D eigenvalue weighted by Gasteiger charge is 2.30. The highest BCUT2D eigenvalue weighted by atomic mass is 79.9. The summed E-state index contributed by atoms with van der Waals surface area (Å²) in [6.07, 6.45) is 0.101. The van der Waals surface area contributed by atoms with E-state index in [0.717, 1.165) is 15.8 Å². The predicted octanol–water partition coefficient (Wildman–Crippen LogP) is 2.70. The van der Waals surface area contributed by atoms with Crippen molar-refractivity contribution in [3.8, 4) is 5.75 Å². The molecular weight excluding hydrogens is 294 g/mol. The Morgan fingerprint density at radius 2 is 2.00 bits per heavy atom. The van der Waals surface area contributed by atoms with Crippen LogP contribution in [0.25, 0.3) is 0 Å². The SMILES string of the molecule is COc1ccc(Br)cc1CC(O)C(C)(C)N(C)C. The van der Waals surface area contributed by atoms with Gasteiger partial charge in [0.05, 0.1) is 13.2 Å². The fraction of sp³-hybridized carbons (Fsp3) is 0.571. The van der Waals surface area contributed by atoms with Crippen LogP contribution < -0.4 is 4.74 Å². The van der Waals surface area contributed by atoms with Gasteiger partial charge in [0.1, 0.15) is 5.75 Å². The molecule has 18 heavy (non-hydrogen) atoms. The van der Waals surface area contributed by atoms with Crippen molar-refractivity contribution >= 4 is 15.9 Å². The van der Waals surface area contributed by atoms with E-state index in [1.165, 1.54) is 0 Å². The third kappa shape index (κ3) is 3.46. The first-order valence-electron chi connectivity index (χ1n) is 5.97. The number of nitrogens with zero attached hydrogens (tertiary/aromatic N) is 1. The molecule has 1 N–H and O–H groups in total. The van der Waals surface area contributed by atoms with Crippen LogP contribution in [0.5, 0.6) is 5.75 Å². The summed E-state index contributed by atoms with van der Waals surface area (Å²) in [5.74, 6) is 0.812. The average molecular weight is 316 g/mol. The molecule has 3 nitrogen and oxygen atoms in total. The van der Waals surface area contributed by atoms with Gasteiger partial charge in [-0.1, -0.05) is 15.9 Å². The quantitative estimate of drug-likeness (QED) is 0.906. The third-order valence-corrected chi connectivity index (χ3v) is 4.12. The molecule has 0 heterocycles. The second-order valence-corrected chi connectivity index (χ2v) is 6.14. The minimum atomic E-state index is -0.462. The van der Waals surface area contributed by atoms with Gasteiger partial charge in [0.2, 0.25) is 0 Å². The van der Waals surface area contributed by atoms with Gasteiger partial charge in [0.15, 0.2) is 0 Å². The molecule has 0 spiro atoms. The maximum absolute atomic E-state index is 10.4. The van der Waals surface area contributed by atoms with Crippen LogP contribution in [0.15, 0.2) is 22.7 Å². The van der Waals surface area contributed by atoms with E-state index in [9.17, 15) is 5.11 Å². The van der Waals surface area contributed by atoms with Gasteiger partial charge in [-0.15, -0.1) is 0 Å². The molecule has 4 heteroatoms. The van der Waals surface area contributed by atoms with Crippen LogP contribution >= 0.6 is 15.9 Å². The molecule has 0 amide bonds. The van der Waals surface area contributed by atoms with Crippen molar-refractivity contribution < 1.29 is 9.84 Å². The molecule has 0 aliphatic rings. The van der Waals surface area contributed by atoms with E-state index >= 15 is 0 Å². The minimum Gasteiger partial charge on any atom is -0.496 e. The molecule has 0 saturated heterocycles. The number of hydrogen-bond acceptors (Lipinski definition) is 3. The van der Waals surface area contributed by atoms with Gasteiger partial charge in [-0.05, 0) is 51.7 Å². The zero-order valence-electron chi connectivity index (χ0n) is 11.7. The van der Waals surface area contributed by atoms with Crippen LogP contribution in [0.1, 0.15) is 19.4 Å². The molecule has 0 aromatic heterocycles. The normalized spacial score (nSPS) is 13.8. The van der Waals surface area contributed by atoms with E-state index in [1.807, 2.05) is 51.0 Å². The number of rotatable bonds is 5. The van der Waals surface area contributed by atoms with Gasteiger partial charge in [-0.2, -0.15) is 0 Å². The maximum Gasteiger partial charge on any atom is 0.122 e. The highest BCUT2D eigenvalue weighted by Crippen LogP contribution is 2.27. The lowest BCUT2D eigenvalue weighted by Gasteiger charge is -2.37. The minimum absolute atomic E-state index is 0.284. The second kappa shape index (κ2) is 6.04. The Hall–Kier alpha value is -0.580. The molecule has 102 valence electrons. The number of aliphatic hydroxyl groups excluding tert-OH is 1. The van der Waals surface area contributed by atoms with Crippen molar-refractivity contribution in [2.45, 2.75) is 31.9 Å². The molecule has 1 atom stereocenters. The summed E-state index contributed by atoms with van der Waals surface area (Å²) >= 11 is 3.45. The zero-order valence-corrected chi connectivity index (χ0v) is 13.3. The lowest BCUT2D eigenvalue weighted by Crippen LogP contribution is -2.49. The Morgan fingerprint density at radius 1 is 1.39 bits per heavy atom. The highest BCUT2D eigenvalue weighted by molar-refractivity contribution is 9.10. The Balaban J connectivity index is 2.94. The van der Waals surface area contributed by atoms with Gasteiger partial charge in [-0.3, -0.25) is 0 Å². The molecular formula is C14H22BrNO2. The van der Waals surface area contributed by atoms with E-state index in [0.29, 0.717) is 6.42 Å². The summed E-state index contributed by atoms with van der Waals surface area (Å²) in [4.78, 5) is 2.03. The molecule has 0 aliphatic carbocycles. The summed E-state index contributed by atoms with van der Waals surface area (Å²) in [5, 5.41) is 10.4. The van der Waals surface area contributed by atoms with Crippen LogP contribution in [-0.2, 0) is 6.42 Å². The molecule has 0 saturated carbocycles. The van der Waals surface area contributed by atoms with Gasteiger partial charge >= 0.3 is 0 Å². The molecule has 1 aromatic rings. The van der Waals surface area contributed by atoms with E-state index in [2.05, 4.69) is 15.9 Å². The number of likely N-dealkylation sites (N-methyl/N-ethyl adjacent to an activating group) is 1. The summed E-state index contributed by atoms with van der Waals surface area (Å²) in [5.41, 5.74) is 0.724. The predicted molar refractivity (Wildman–Crippen MR) is 78.2 cm³/mol. The van der Waals surface area contributed by atoms with Crippen LogP contribution in [0.4, 0.5) is 0 Å². The number of aliphatic hydroxyl groups is 1. The number of benzene rings is 1. The van der Waals surface area contributed by atoms with Crippen molar-refractivity contribution in [2.24, 2.45) is 0 Å². The van der Waals surface area contributed by atoms with Gasteiger partial charge in [0, 0.05) is 16.4 Å². The Kier molecular flexibility index (Phi) is 5.20. The zero-order chi connectivity index (χ0) is 13.9. The van der Waals surface area contributed by atoms with Gasteiger partial charge in [-0.25, -0.2) is 0 Å². The van der Waals surface area contributed by atoms with Crippen molar-refractivity contribution in [3.63, 3.8) is 0 Å². The average Bonchev–Trinajstić information content (AvgIpc) is 2.29. The van der Waals surface area contributed by atoms with Gasteiger partial charge in [0.25, 0.3) is 0 Å². The lowest BCUT2D eigenvalue weighted by molar-refractivity contribution is 0.0179. The van der Waals surface area contributed by atoms with E-state index in [4.69, 9.17) is 4.74 Å². The molecule has 0 aliphatic heterocycles. The number of hydrogen-bond donors (Lipinski definition) is 1. The standard InChI is InChI=1S/C14H22BrNO2/c1-14(2,16(3)4)13(17)9-10-8-11(15)6-7-12(10)18-5/h6-8,13,17H,9H2,1-5H3. The first kappa shape index (κ1) is 15.5. The van der Waals surface area contributed by atoms with Crippen molar-refractivity contribution in [3.05, 3.63) is 28.2 Å². The van der Waals surface area contributed by atoms with Crippen molar-refractivity contribution in [2.75, 3.05) is 21.2 Å². The second-order valence-electron chi connectivity index (χ2n) is 5.22. The van der Waals surface area contributed by atoms with E-state index < -0.39 is 6.10 Å². The van der Waals surface area contributed by atoms with Crippen LogP contribution in [-0.4, -0.2) is 42.9 Å².